The highest BCUT2D eigenvalue weighted by Gasteiger charge is 2.40. The Kier molecular flexibility index (Phi) is 11.0. The summed E-state index contributed by atoms with van der Waals surface area (Å²) in [4.78, 5) is 25.4. The van der Waals surface area contributed by atoms with Crippen molar-refractivity contribution < 1.29 is 23.8 Å². The quantitative estimate of drug-likeness (QED) is 0.521. The Balaban J connectivity index is 5.30. The van der Waals surface area contributed by atoms with Gasteiger partial charge in [0.15, 0.2) is 5.78 Å². The van der Waals surface area contributed by atoms with Crippen molar-refractivity contribution in [3.8, 4) is 0 Å². The standard InChI is InChI=1S/C20H39NO5/c1-9-11-24-14-20(8,25-12-10-2)17(22)16(13-15(3)4)21-18(23)26-19(5,6)7/h15-16H,9-14H2,1-8H3,(H,21,23)/t16-,20+/m0/s1. The molecule has 0 radical (unpaired) electrons. The molecule has 0 heterocycles. The minimum Gasteiger partial charge on any atom is -0.444 e. The first-order chi connectivity index (χ1) is 11.9. The average molecular weight is 374 g/mol. The average Bonchev–Trinajstić information content (AvgIpc) is 2.49. The van der Waals surface area contributed by atoms with Crippen LogP contribution in [0.15, 0.2) is 0 Å². The summed E-state index contributed by atoms with van der Waals surface area (Å²) in [5.41, 5.74) is -1.72. The maximum absolute atomic E-state index is 13.2. The molecular weight excluding hydrogens is 334 g/mol. The zero-order valence-electron chi connectivity index (χ0n) is 17.9. The second-order valence-electron chi connectivity index (χ2n) is 8.32. The highest BCUT2D eigenvalue weighted by Crippen LogP contribution is 2.20. The SMILES string of the molecule is CCCOC[C@@](C)(OCCC)C(=O)[C@H](CC(C)C)NC(=O)OC(C)(C)C. The number of ether oxygens (including phenoxy) is 3. The molecule has 0 aliphatic carbocycles. The number of hydrogen-bond donors (Lipinski definition) is 1. The molecule has 1 N–H and O–H groups in total. The van der Waals surface area contributed by atoms with Crippen molar-refractivity contribution in [3.05, 3.63) is 0 Å². The number of Topliss-reactive ketones (excluding diaryl/α,β-unsaturated/α-hetero) is 1. The molecular formula is C20H39NO5. The van der Waals surface area contributed by atoms with Gasteiger partial charge in [0, 0.05) is 13.2 Å². The minimum absolute atomic E-state index is 0.171. The van der Waals surface area contributed by atoms with Crippen LogP contribution in [-0.2, 0) is 19.0 Å². The molecule has 0 fully saturated rings. The van der Waals surface area contributed by atoms with E-state index in [0.717, 1.165) is 12.8 Å². The number of nitrogens with one attached hydrogen (secondary N) is 1. The van der Waals surface area contributed by atoms with Gasteiger partial charge in [-0.1, -0.05) is 27.7 Å². The van der Waals surface area contributed by atoms with E-state index in [0.29, 0.717) is 19.6 Å². The normalized spacial score (nSPS) is 15.4. The molecule has 0 saturated carbocycles. The lowest BCUT2D eigenvalue weighted by Gasteiger charge is -2.33. The van der Waals surface area contributed by atoms with Crippen molar-refractivity contribution in [2.75, 3.05) is 19.8 Å². The Hall–Kier alpha value is -1.14. The molecule has 0 aromatic carbocycles. The summed E-state index contributed by atoms with van der Waals surface area (Å²) in [7, 11) is 0. The number of carbonyl (C=O) groups excluding carboxylic acids is 2. The molecule has 0 aliphatic heterocycles. The second-order valence-corrected chi connectivity index (χ2v) is 8.32. The Bertz CT molecular complexity index is 430. The lowest BCUT2D eigenvalue weighted by Crippen LogP contribution is -2.55. The van der Waals surface area contributed by atoms with Gasteiger partial charge in [-0.05, 0) is 52.9 Å². The van der Waals surface area contributed by atoms with Gasteiger partial charge in [-0.15, -0.1) is 0 Å². The summed E-state index contributed by atoms with van der Waals surface area (Å²) in [6, 6.07) is -0.683. The fourth-order valence-electron chi connectivity index (χ4n) is 2.44. The van der Waals surface area contributed by atoms with Gasteiger partial charge in [0.05, 0.1) is 12.6 Å². The van der Waals surface area contributed by atoms with Crippen LogP contribution in [0.4, 0.5) is 4.79 Å². The Morgan fingerprint density at radius 2 is 1.58 bits per heavy atom. The van der Waals surface area contributed by atoms with Gasteiger partial charge in [-0.3, -0.25) is 4.79 Å². The van der Waals surface area contributed by atoms with Crippen molar-refractivity contribution in [3.63, 3.8) is 0 Å². The Morgan fingerprint density at radius 3 is 2.04 bits per heavy atom. The summed E-state index contributed by atoms with van der Waals surface area (Å²) >= 11 is 0. The largest absolute Gasteiger partial charge is 0.444 e. The van der Waals surface area contributed by atoms with E-state index < -0.39 is 23.3 Å². The van der Waals surface area contributed by atoms with Crippen LogP contribution in [0.3, 0.4) is 0 Å². The third-order valence-corrected chi connectivity index (χ3v) is 3.59. The number of carbonyl (C=O) groups is 2. The third-order valence-electron chi connectivity index (χ3n) is 3.59. The van der Waals surface area contributed by atoms with Gasteiger partial charge < -0.3 is 19.5 Å². The van der Waals surface area contributed by atoms with Crippen LogP contribution in [0.1, 0.15) is 74.7 Å². The monoisotopic (exact) mass is 373 g/mol. The molecule has 154 valence electrons. The molecule has 26 heavy (non-hydrogen) atoms. The fourth-order valence-corrected chi connectivity index (χ4v) is 2.44. The zero-order valence-corrected chi connectivity index (χ0v) is 17.9. The van der Waals surface area contributed by atoms with Gasteiger partial charge in [0.25, 0.3) is 0 Å². The van der Waals surface area contributed by atoms with Crippen LogP contribution >= 0.6 is 0 Å². The highest BCUT2D eigenvalue weighted by molar-refractivity contribution is 5.94. The van der Waals surface area contributed by atoms with E-state index in [1.54, 1.807) is 27.7 Å². The van der Waals surface area contributed by atoms with Crippen molar-refractivity contribution in [2.45, 2.75) is 91.9 Å². The molecule has 2 atom stereocenters. The van der Waals surface area contributed by atoms with Crippen LogP contribution in [0, 0.1) is 5.92 Å². The van der Waals surface area contributed by atoms with Gasteiger partial charge in [0.1, 0.15) is 11.2 Å². The van der Waals surface area contributed by atoms with Gasteiger partial charge in [0.2, 0.25) is 0 Å². The number of ketones is 1. The molecule has 1 amide bonds. The van der Waals surface area contributed by atoms with Crippen LogP contribution in [0.2, 0.25) is 0 Å². The number of hydrogen-bond acceptors (Lipinski definition) is 5. The van der Waals surface area contributed by atoms with E-state index in [4.69, 9.17) is 14.2 Å². The predicted molar refractivity (Wildman–Crippen MR) is 103 cm³/mol. The maximum Gasteiger partial charge on any atom is 0.408 e. The fraction of sp³-hybridized carbons (Fsp3) is 0.900. The van der Waals surface area contributed by atoms with E-state index in [1.807, 2.05) is 27.7 Å². The molecule has 0 spiro atoms. The maximum atomic E-state index is 13.2. The molecule has 0 bridgehead atoms. The number of rotatable bonds is 12. The van der Waals surface area contributed by atoms with Crippen LogP contribution < -0.4 is 5.32 Å². The summed E-state index contributed by atoms with van der Waals surface area (Å²) in [5.74, 6) is 0.0486. The summed E-state index contributed by atoms with van der Waals surface area (Å²) in [6.07, 6.45) is 1.58. The van der Waals surface area contributed by atoms with Crippen LogP contribution in [0.25, 0.3) is 0 Å². The van der Waals surface area contributed by atoms with Crippen molar-refractivity contribution in [2.24, 2.45) is 5.92 Å². The lowest BCUT2D eigenvalue weighted by molar-refractivity contribution is -0.154. The second kappa shape index (κ2) is 11.5. The first-order valence-electron chi connectivity index (χ1n) is 9.70. The topological polar surface area (TPSA) is 73.9 Å². The van der Waals surface area contributed by atoms with Crippen molar-refractivity contribution >= 4 is 11.9 Å². The van der Waals surface area contributed by atoms with Gasteiger partial charge >= 0.3 is 6.09 Å². The van der Waals surface area contributed by atoms with E-state index in [2.05, 4.69) is 5.32 Å². The van der Waals surface area contributed by atoms with E-state index in [1.165, 1.54) is 0 Å². The molecule has 6 heteroatoms. The highest BCUT2D eigenvalue weighted by atomic mass is 16.6. The molecule has 0 aromatic rings. The van der Waals surface area contributed by atoms with Crippen molar-refractivity contribution in [1.82, 2.24) is 5.32 Å². The van der Waals surface area contributed by atoms with E-state index in [9.17, 15) is 9.59 Å². The molecule has 0 rings (SSSR count). The predicted octanol–water partition coefficient (Wildman–Crippen LogP) is 4.11. The Morgan fingerprint density at radius 1 is 1.00 bits per heavy atom. The summed E-state index contributed by atoms with van der Waals surface area (Å²) < 4.78 is 16.8. The summed E-state index contributed by atoms with van der Waals surface area (Å²) in [5, 5.41) is 2.73. The first-order valence-corrected chi connectivity index (χ1v) is 9.70. The van der Waals surface area contributed by atoms with E-state index >= 15 is 0 Å². The van der Waals surface area contributed by atoms with Gasteiger partial charge in [-0.25, -0.2) is 4.79 Å². The third kappa shape index (κ3) is 10.1. The number of alkyl carbamates (subject to hydrolysis) is 1. The first kappa shape index (κ1) is 24.9. The zero-order chi connectivity index (χ0) is 20.4. The van der Waals surface area contributed by atoms with Crippen molar-refractivity contribution in [1.29, 1.82) is 0 Å². The summed E-state index contributed by atoms with van der Waals surface area (Å²) in [6.45, 7) is 16.3. The smallest absolute Gasteiger partial charge is 0.408 e. The van der Waals surface area contributed by atoms with Crippen LogP contribution in [-0.4, -0.2) is 48.9 Å². The number of amides is 1. The molecule has 0 saturated heterocycles. The molecule has 6 nitrogen and oxygen atoms in total. The Labute approximate surface area is 159 Å². The molecule has 0 unspecified atom stereocenters. The van der Waals surface area contributed by atoms with Crippen LogP contribution in [0.5, 0.6) is 0 Å². The minimum atomic E-state index is -1.10. The van der Waals surface area contributed by atoms with E-state index in [-0.39, 0.29) is 18.3 Å². The molecule has 0 aliphatic rings. The van der Waals surface area contributed by atoms with Gasteiger partial charge in [-0.2, -0.15) is 0 Å². The lowest BCUT2D eigenvalue weighted by atomic mass is 9.90. The molecule has 0 aromatic heterocycles.